The lowest BCUT2D eigenvalue weighted by Crippen LogP contribution is -2.42. The fraction of sp³-hybridized carbons (Fsp3) is 0.917. The van der Waals surface area contributed by atoms with Crippen molar-refractivity contribution in [1.29, 1.82) is 0 Å². The fourth-order valence-corrected chi connectivity index (χ4v) is 2.42. The number of hydrogen-bond acceptors (Lipinski definition) is 2. The summed E-state index contributed by atoms with van der Waals surface area (Å²) in [6, 6.07) is 0. The number of methoxy groups -OCH3 is 1. The standard InChI is InChI=1S/C12H22ClNO2/c1-12(6-4-3-5-7-12)11(15)14-8-10(13)9-16-2/h10H,3-9H2,1-2H3,(H,14,15). The van der Waals surface area contributed by atoms with Crippen LogP contribution in [0.1, 0.15) is 39.0 Å². The number of hydrogen-bond donors (Lipinski definition) is 1. The summed E-state index contributed by atoms with van der Waals surface area (Å²) in [4.78, 5) is 12.0. The van der Waals surface area contributed by atoms with Gasteiger partial charge in [0.15, 0.2) is 0 Å². The van der Waals surface area contributed by atoms with E-state index in [1.165, 1.54) is 6.42 Å². The second-order valence-electron chi connectivity index (χ2n) is 4.88. The van der Waals surface area contributed by atoms with Crippen LogP contribution in [0, 0.1) is 5.41 Å². The van der Waals surface area contributed by atoms with Gasteiger partial charge in [0.25, 0.3) is 0 Å². The van der Waals surface area contributed by atoms with E-state index in [1.54, 1.807) is 7.11 Å². The van der Waals surface area contributed by atoms with Crippen LogP contribution in [0.15, 0.2) is 0 Å². The third kappa shape index (κ3) is 3.95. The van der Waals surface area contributed by atoms with Gasteiger partial charge in [-0.05, 0) is 12.8 Å². The predicted octanol–water partition coefficient (Wildman–Crippen LogP) is 2.33. The molecule has 1 rings (SSSR count). The summed E-state index contributed by atoms with van der Waals surface area (Å²) in [6.45, 7) is 3.02. The predicted molar refractivity (Wildman–Crippen MR) is 65.7 cm³/mol. The molecule has 0 heterocycles. The second kappa shape index (κ2) is 6.45. The van der Waals surface area contributed by atoms with Crippen LogP contribution in [0.25, 0.3) is 0 Å². The maximum absolute atomic E-state index is 12.0. The molecule has 16 heavy (non-hydrogen) atoms. The number of nitrogens with one attached hydrogen (secondary N) is 1. The van der Waals surface area contributed by atoms with Gasteiger partial charge in [0.05, 0.1) is 12.0 Å². The number of ether oxygens (including phenoxy) is 1. The van der Waals surface area contributed by atoms with Gasteiger partial charge in [-0.3, -0.25) is 4.79 Å². The third-order valence-corrected chi connectivity index (χ3v) is 3.62. The van der Waals surface area contributed by atoms with Gasteiger partial charge in [-0.2, -0.15) is 0 Å². The number of carbonyl (C=O) groups is 1. The smallest absolute Gasteiger partial charge is 0.225 e. The number of halogens is 1. The van der Waals surface area contributed by atoms with Gasteiger partial charge in [-0.1, -0.05) is 26.2 Å². The Morgan fingerprint density at radius 3 is 2.62 bits per heavy atom. The van der Waals surface area contributed by atoms with Crippen molar-refractivity contribution in [2.75, 3.05) is 20.3 Å². The Labute approximate surface area is 103 Å². The number of carbonyl (C=O) groups excluding carboxylic acids is 1. The fourth-order valence-electron chi connectivity index (χ4n) is 2.22. The minimum Gasteiger partial charge on any atom is -0.383 e. The molecule has 1 aliphatic carbocycles. The molecular weight excluding hydrogens is 226 g/mol. The van der Waals surface area contributed by atoms with Crippen molar-refractivity contribution in [1.82, 2.24) is 5.32 Å². The molecule has 0 bridgehead atoms. The molecule has 1 saturated carbocycles. The van der Waals surface area contributed by atoms with E-state index in [1.807, 2.05) is 0 Å². The van der Waals surface area contributed by atoms with Gasteiger partial charge >= 0.3 is 0 Å². The van der Waals surface area contributed by atoms with E-state index in [0.717, 1.165) is 25.7 Å². The van der Waals surface area contributed by atoms with Crippen molar-refractivity contribution in [2.45, 2.75) is 44.4 Å². The molecule has 0 aromatic rings. The Hall–Kier alpha value is -0.280. The maximum atomic E-state index is 12.0. The summed E-state index contributed by atoms with van der Waals surface area (Å²) in [6.07, 6.45) is 5.56. The molecule has 1 unspecified atom stereocenters. The highest BCUT2D eigenvalue weighted by Gasteiger charge is 2.34. The molecule has 1 amide bonds. The van der Waals surface area contributed by atoms with Crippen LogP contribution in [-0.2, 0) is 9.53 Å². The van der Waals surface area contributed by atoms with Gasteiger partial charge in [0.1, 0.15) is 0 Å². The molecule has 0 radical (unpaired) electrons. The first-order valence-corrected chi connectivity index (χ1v) is 6.43. The van der Waals surface area contributed by atoms with Gasteiger partial charge in [-0.25, -0.2) is 0 Å². The summed E-state index contributed by atoms with van der Waals surface area (Å²) in [5.74, 6) is 0.147. The van der Waals surface area contributed by atoms with Crippen molar-refractivity contribution in [3.05, 3.63) is 0 Å². The highest BCUT2D eigenvalue weighted by molar-refractivity contribution is 6.21. The first-order chi connectivity index (χ1) is 7.58. The summed E-state index contributed by atoms with van der Waals surface area (Å²) >= 11 is 5.97. The Morgan fingerprint density at radius 2 is 2.06 bits per heavy atom. The molecule has 1 atom stereocenters. The molecule has 0 aromatic heterocycles. The van der Waals surface area contributed by atoms with Gasteiger partial charge < -0.3 is 10.1 Å². The zero-order chi connectivity index (χ0) is 12.0. The van der Waals surface area contributed by atoms with Gasteiger partial charge in [-0.15, -0.1) is 11.6 Å². The average molecular weight is 248 g/mol. The van der Waals surface area contributed by atoms with Crippen LogP contribution in [0.4, 0.5) is 0 Å². The van der Waals surface area contributed by atoms with Crippen LogP contribution in [0.2, 0.25) is 0 Å². The van der Waals surface area contributed by atoms with Crippen LogP contribution in [-0.4, -0.2) is 31.5 Å². The molecule has 1 fully saturated rings. The summed E-state index contributed by atoms with van der Waals surface area (Å²) in [5.41, 5.74) is -0.179. The molecule has 94 valence electrons. The Kier molecular flexibility index (Phi) is 5.56. The number of alkyl halides is 1. The lowest BCUT2D eigenvalue weighted by atomic mass is 9.75. The molecule has 1 N–H and O–H groups in total. The highest BCUT2D eigenvalue weighted by atomic mass is 35.5. The van der Waals surface area contributed by atoms with Crippen LogP contribution < -0.4 is 5.32 Å². The number of rotatable bonds is 5. The Morgan fingerprint density at radius 1 is 1.44 bits per heavy atom. The zero-order valence-electron chi connectivity index (χ0n) is 10.2. The Bertz CT molecular complexity index is 227. The van der Waals surface area contributed by atoms with E-state index < -0.39 is 0 Å². The minimum absolute atomic E-state index is 0.138. The van der Waals surface area contributed by atoms with Crippen molar-refractivity contribution in [2.24, 2.45) is 5.41 Å². The lowest BCUT2D eigenvalue weighted by molar-refractivity contribution is -0.131. The number of amides is 1. The van der Waals surface area contributed by atoms with Crippen LogP contribution in [0.3, 0.4) is 0 Å². The van der Waals surface area contributed by atoms with E-state index in [2.05, 4.69) is 12.2 Å². The largest absolute Gasteiger partial charge is 0.383 e. The maximum Gasteiger partial charge on any atom is 0.225 e. The van der Waals surface area contributed by atoms with E-state index >= 15 is 0 Å². The SMILES string of the molecule is COCC(Cl)CNC(=O)C1(C)CCCCC1. The van der Waals surface area contributed by atoms with E-state index in [9.17, 15) is 4.79 Å². The zero-order valence-corrected chi connectivity index (χ0v) is 11.0. The molecular formula is C12H22ClNO2. The Balaban J connectivity index is 2.33. The van der Waals surface area contributed by atoms with Crippen molar-refractivity contribution in [3.63, 3.8) is 0 Å². The minimum atomic E-state index is -0.179. The summed E-state index contributed by atoms with van der Waals surface area (Å²) in [7, 11) is 1.61. The second-order valence-corrected chi connectivity index (χ2v) is 5.50. The van der Waals surface area contributed by atoms with Crippen molar-refractivity contribution in [3.8, 4) is 0 Å². The summed E-state index contributed by atoms with van der Waals surface area (Å²) in [5, 5.41) is 2.79. The summed E-state index contributed by atoms with van der Waals surface area (Å²) < 4.78 is 4.92. The molecule has 0 saturated heterocycles. The first kappa shape index (κ1) is 13.8. The van der Waals surface area contributed by atoms with Crippen LogP contribution in [0.5, 0.6) is 0 Å². The van der Waals surface area contributed by atoms with Gasteiger partial charge in [0.2, 0.25) is 5.91 Å². The van der Waals surface area contributed by atoms with E-state index in [0.29, 0.717) is 13.2 Å². The monoisotopic (exact) mass is 247 g/mol. The van der Waals surface area contributed by atoms with E-state index in [4.69, 9.17) is 16.3 Å². The molecule has 3 nitrogen and oxygen atoms in total. The third-order valence-electron chi connectivity index (χ3n) is 3.34. The topological polar surface area (TPSA) is 38.3 Å². The molecule has 0 aromatic carbocycles. The van der Waals surface area contributed by atoms with Crippen molar-refractivity contribution >= 4 is 17.5 Å². The highest BCUT2D eigenvalue weighted by Crippen LogP contribution is 2.35. The van der Waals surface area contributed by atoms with Gasteiger partial charge in [0, 0.05) is 19.1 Å². The van der Waals surface area contributed by atoms with Crippen LogP contribution >= 0.6 is 11.6 Å². The quantitative estimate of drug-likeness (QED) is 0.758. The molecule has 0 aliphatic heterocycles. The average Bonchev–Trinajstić information content (AvgIpc) is 2.27. The van der Waals surface area contributed by atoms with Crippen molar-refractivity contribution < 1.29 is 9.53 Å². The normalized spacial score (nSPS) is 21.4. The lowest BCUT2D eigenvalue weighted by Gasteiger charge is -2.32. The molecule has 0 spiro atoms. The molecule has 1 aliphatic rings. The molecule has 4 heteroatoms. The first-order valence-electron chi connectivity index (χ1n) is 6.00. The van der Waals surface area contributed by atoms with E-state index in [-0.39, 0.29) is 16.7 Å².